The highest BCUT2D eigenvalue weighted by Crippen LogP contribution is 2.29. The summed E-state index contributed by atoms with van der Waals surface area (Å²) in [6.45, 7) is 0. The Hall–Kier alpha value is -1.51. The number of nitrogens with one attached hydrogen (secondary N) is 2. The molecule has 1 heterocycles. The predicted octanol–water partition coefficient (Wildman–Crippen LogP) is 1.29. The van der Waals surface area contributed by atoms with Crippen LogP contribution in [0.15, 0.2) is 17.0 Å². The molecule has 0 aromatic heterocycles. The van der Waals surface area contributed by atoms with Crippen LogP contribution in [0.4, 0.5) is 10.1 Å². The largest absolute Gasteiger partial charge is 0.391 e. The van der Waals surface area contributed by atoms with Crippen molar-refractivity contribution in [2.24, 2.45) is 0 Å². The Balaban J connectivity index is 1.89. The van der Waals surface area contributed by atoms with Gasteiger partial charge in [0.1, 0.15) is 10.7 Å². The third-order valence-electron chi connectivity index (χ3n) is 4.38. The molecule has 2 aliphatic rings. The summed E-state index contributed by atoms with van der Waals surface area (Å²) in [7, 11) is -4.07. The molecule has 1 fully saturated rings. The first-order chi connectivity index (χ1) is 10.9. The van der Waals surface area contributed by atoms with Crippen LogP contribution in [-0.4, -0.2) is 31.6 Å². The number of hydrogen-bond acceptors (Lipinski definition) is 4. The second-order valence-corrected chi connectivity index (χ2v) is 7.75. The lowest BCUT2D eigenvalue weighted by atomic mass is 9.93. The number of aryl methyl sites for hydroxylation is 1. The van der Waals surface area contributed by atoms with Crippen LogP contribution in [-0.2, 0) is 21.2 Å². The van der Waals surface area contributed by atoms with Crippen molar-refractivity contribution in [2.45, 2.75) is 55.6 Å². The summed E-state index contributed by atoms with van der Waals surface area (Å²) in [5, 5.41) is 12.4. The maximum atomic E-state index is 14.2. The zero-order valence-electron chi connectivity index (χ0n) is 12.5. The van der Waals surface area contributed by atoms with Gasteiger partial charge in [-0.15, -0.1) is 0 Å². The Morgan fingerprint density at radius 3 is 2.70 bits per heavy atom. The van der Waals surface area contributed by atoms with Crippen LogP contribution in [0.2, 0.25) is 0 Å². The van der Waals surface area contributed by atoms with E-state index < -0.39 is 32.9 Å². The number of anilines is 1. The average molecular weight is 342 g/mol. The minimum Gasteiger partial charge on any atom is -0.391 e. The Kier molecular flexibility index (Phi) is 4.39. The van der Waals surface area contributed by atoms with Gasteiger partial charge in [0, 0.05) is 18.2 Å². The van der Waals surface area contributed by atoms with Gasteiger partial charge in [-0.2, -0.15) is 0 Å². The molecular formula is C15H19FN2O4S. The van der Waals surface area contributed by atoms with Crippen molar-refractivity contribution in [3.8, 4) is 0 Å². The van der Waals surface area contributed by atoms with E-state index in [2.05, 4.69) is 10.0 Å². The second-order valence-electron chi connectivity index (χ2n) is 6.07. The third-order valence-corrected chi connectivity index (χ3v) is 5.88. The summed E-state index contributed by atoms with van der Waals surface area (Å²) in [5.41, 5.74) is 0.908. The lowest BCUT2D eigenvalue weighted by Gasteiger charge is -2.28. The number of carbonyl (C=O) groups excluding carboxylic acids is 1. The third kappa shape index (κ3) is 3.39. The summed E-state index contributed by atoms with van der Waals surface area (Å²) in [6.07, 6.45) is 2.60. The first-order valence-corrected chi connectivity index (χ1v) is 9.18. The minimum atomic E-state index is -4.07. The zero-order chi connectivity index (χ0) is 16.6. The molecule has 1 amide bonds. The molecule has 2 atom stereocenters. The van der Waals surface area contributed by atoms with Gasteiger partial charge in [-0.3, -0.25) is 4.79 Å². The number of sulfonamides is 1. The van der Waals surface area contributed by atoms with Gasteiger partial charge in [-0.05, 0) is 37.0 Å². The maximum absolute atomic E-state index is 14.2. The van der Waals surface area contributed by atoms with Gasteiger partial charge in [0.15, 0.2) is 0 Å². The smallest absolute Gasteiger partial charge is 0.243 e. The van der Waals surface area contributed by atoms with E-state index in [0.717, 1.165) is 18.9 Å². The van der Waals surface area contributed by atoms with Crippen LogP contribution in [0.1, 0.15) is 37.7 Å². The van der Waals surface area contributed by atoms with Gasteiger partial charge in [0.05, 0.1) is 6.10 Å². The van der Waals surface area contributed by atoms with Gasteiger partial charge >= 0.3 is 0 Å². The first kappa shape index (κ1) is 16.4. The monoisotopic (exact) mass is 342 g/mol. The van der Waals surface area contributed by atoms with Crippen molar-refractivity contribution in [1.82, 2.24) is 4.72 Å². The molecular weight excluding hydrogens is 323 g/mol. The van der Waals surface area contributed by atoms with E-state index in [-0.39, 0.29) is 12.3 Å². The van der Waals surface area contributed by atoms with E-state index in [1.165, 1.54) is 6.07 Å². The summed E-state index contributed by atoms with van der Waals surface area (Å²) >= 11 is 0. The molecule has 1 aliphatic heterocycles. The molecule has 1 aromatic rings. The topological polar surface area (TPSA) is 95.5 Å². The van der Waals surface area contributed by atoms with E-state index in [0.29, 0.717) is 30.5 Å². The number of aliphatic hydroxyl groups is 1. The Morgan fingerprint density at radius 1 is 1.22 bits per heavy atom. The van der Waals surface area contributed by atoms with E-state index in [9.17, 15) is 22.7 Å². The SMILES string of the molecule is O=C1CCc2cc(S(=O)(=O)N[C@H]3CCCC[C@@H]3O)c(F)cc2N1. The van der Waals surface area contributed by atoms with Gasteiger partial charge < -0.3 is 10.4 Å². The number of rotatable bonds is 3. The van der Waals surface area contributed by atoms with Gasteiger partial charge in [0.2, 0.25) is 15.9 Å². The fourth-order valence-electron chi connectivity index (χ4n) is 3.10. The number of amides is 1. The summed E-state index contributed by atoms with van der Waals surface area (Å²) in [4.78, 5) is 10.9. The minimum absolute atomic E-state index is 0.212. The maximum Gasteiger partial charge on any atom is 0.243 e. The molecule has 0 unspecified atom stereocenters. The fourth-order valence-corrected chi connectivity index (χ4v) is 4.51. The van der Waals surface area contributed by atoms with Gasteiger partial charge in [-0.25, -0.2) is 17.5 Å². The molecule has 8 heteroatoms. The summed E-state index contributed by atoms with van der Waals surface area (Å²) < 4.78 is 41.6. The van der Waals surface area contributed by atoms with Crippen LogP contribution in [0.3, 0.4) is 0 Å². The molecule has 3 rings (SSSR count). The van der Waals surface area contributed by atoms with Crippen molar-refractivity contribution in [3.05, 3.63) is 23.5 Å². The van der Waals surface area contributed by atoms with Crippen molar-refractivity contribution in [1.29, 1.82) is 0 Å². The van der Waals surface area contributed by atoms with Crippen molar-refractivity contribution >= 4 is 21.6 Å². The number of fused-ring (bicyclic) bond motifs is 1. The highest BCUT2D eigenvalue weighted by molar-refractivity contribution is 7.89. The van der Waals surface area contributed by atoms with Crippen molar-refractivity contribution < 1.29 is 22.7 Å². The van der Waals surface area contributed by atoms with Crippen molar-refractivity contribution in [2.75, 3.05) is 5.32 Å². The molecule has 0 radical (unpaired) electrons. The van der Waals surface area contributed by atoms with Crippen molar-refractivity contribution in [3.63, 3.8) is 0 Å². The van der Waals surface area contributed by atoms with Gasteiger partial charge in [-0.1, -0.05) is 12.8 Å². The lowest BCUT2D eigenvalue weighted by molar-refractivity contribution is -0.116. The zero-order valence-corrected chi connectivity index (χ0v) is 13.3. The van der Waals surface area contributed by atoms with Crippen LogP contribution in [0.25, 0.3) is 0 Å². The molecule has 126 valence electrons. The molecule has 6 nitrogen and oxygen atoms in total. The highest BCUT2D eigenvalue weighted by Gasteiger charge is 2.30. The average Bonchev–Trinajstić information content (AvgIpc) is 2.48. The quantitative estimate of drug-likeness (QED) is 0.771. The second kappa shape index (κ2) is 6.18. The van der Waals surface area contributed by atoms with Gasteiger partial charge in [0.25, 0.3) is 0 Å². The van der Waals surface area contributed by atoms with Crippen LogP contribution >= 0.6 is 0 Å². The number of benzene rings is 1. The van der Waals surface area contributed by atoms with E-state index >= 15 is 0 Å². The Bertz CT molecular complexity index is 735. The Labute approximate surface area is 134 Å². The summed E-state index contributed by atoms with van der Waals surface area (Å²) in [6, 6.07) is 1.71. The predicted molar refractivity (Wildman–Crippen MR) is 81.9 cm³/mol. The van der Waals surface area contributed by atoms with Crippen LogP contribution < -0.4 is 10.0 Å². The van der Waals surface area contributed by atoms with E-state index in [1.807, 2.05) is 0 Å². The first-order valence-electron chi connectivity index (χ1n) is 7.69. The molecule has 0 spiro atoms. The molecule has 1 aromatic carbocycles. The van der Waals surface area contributed by atoms with Crippen LogP contribution in [0, 0.1) is 5.82 Å². The highest BCUT2D eigenvalue weighted by atomic mass is 32.2. The molecule has 3 N–H and O–H groups in total. The number of halogens is 1. The number of carbonyl (C=O) groups is 1. The standard InChI is InChI=1S/C15H19FN2O4S/c16-10-8-12-9(5-6-15(20)17-12)7-14(10)23(21,22)18-11-3-1-2-4-13(11)19/h7-8,11,13,18-19H,1-6H2,(H,17,20)/t11-,13-/m0/s1. The molecule has 1 saturated carbocycles. The number of aliphatic hydroxyl groups excluding tert-OH is 1. The van der Waals surface area contributed by atoms with E-state index in [1.54, 1.807) is 0 Å². The molecule has 0 bridgehead atoms. The molecule has 1 aliphatic carbocycles. The normalized spacial score (nSPS) is 24.9. The fraction of sp³-hybridized carbons (Fsp3) is 0.533. The Morgan fingerprint density at radius 2 is 1.96 bits per heavy atom. The summed E-state index contributed by atoms with van der Waals surface area (Å²) in [5.74, 6) is -1.13. The van der Waals surface area contributed by atoms with Crippen LogP contribution in [0.5, 0.6) is 0 Å². The number of hydrogen-bond donors (Lipinski definition) is 3. The molecule has 23 heavy (non-hydrogen) atoms. The molecule has 0 saturated heterocycles. The lowest BCUT2D eigenvalue weighted by Crippen LogP contribution is -2.45. The van der Waals surface area contributed by atoms with E-state index in [4.69, 9.17) is 0 Å².